The number of rotatable bonds is 2. The molecule has 0 saturated carbocycles. The summed E-state index contributed by atoms with van der Waals surface area (Å²) in [5.74, 6) is -1.01. The van der Waals surface area contributed by atoms with Crippen molar-refractivity contribution in [2.45, 2.75) is 12.3 Å². The Morgan fingerprint density at radius 2 is 2.08 bits per heavy atom. The smallest absolute Gasteiger partial charge is 0.326 e. The van der Waals surface area contributed by atoms with Gasteiger partial charge in [-0.2, -0.15) is 0 Å². The van der Waals surface area contributed by atoms with Crippen molar-refractivity contribution >= 4 is 17.6 Å². The van der Waals surface area contributed by atoms with Gasteiger partial charge in [-0.15, -0.1) is 11.6 Å². The molecule has 0 aromatic heterocycles. The van der Waals surface area contributed by atoms with Gasteiger partial charge in [0.1, 0.15) is 0 Å². The van der Waals surface area contributed by atoms with Gasteiger partial charge in [0.2, 0.25) is 0 Å². The van der Waals surface area contributed by atoms with Crippen molar-refractivity contribution in [2.24, 2.45) is 0 Å². The van der Waals surface area contributed by atoms with Gasteiger partial charge < -0.3 is 5.11 Å². The molecular formula is C9H9ClO2. The van der Waals surface area contributed by atoms with Crippen LogP contribution < -0.4 is 0 Å². The van der Waals surface area contributed by atoms with E-state index in [1.165, 1.54) is 0 Å². The lowest BCUT2D eigenvalue weighted by atomic mass is 10.1. The number of carboxylic acid groups (broad SMARTS) is 1. The standard InChI is InChI=1S/C9H9ClO2/c1-6-4-2-3-5-7(6)8(10)9(11)12/h2-5,8H,1H3,(H,11,12). The molecule has 0 bridgehead atoms. The summed E-state index contributed by atoms with van der Waals surface area (Å²) in [6.45, 7) is 1.84. The van der Waals surface area contributed by atoms with Crippen molar-refractivity contribution in [1.29, 1.82) is 0 Å². The Morgan fingerprint density at radius 3 is 2.58 bits per heavy atom. The lowest BCUT2D eigenvalue weighted by molar-refractivity contribution is -0.136. The largest absolute Gasteiger partial charge is 0.480 e. The molecule has 12 heavy (non-hydrogen) atoms. The summed E-state index contributed by atoms with van der Waals surface area (Å²) in [7, 11) is 0. The summed E-state index contributed by atoms with van der Waals surface area (Å²) >= 11 is 5.65. The van der Waals surface area contributed by atoms with Gasteiger partial charge in [0.15, 0.2) is 5.38 Å². The molecule has 1 aromatic rings. The molecule has 0 amide bonds. The zero-order valence-electron chi connectivity index (χ0n) is 6.62. The number of benzene rings is 1. The number of halogens is 1. The molecule has 0 aliphatic rings. The second kappa shape index (κ2) is 3.59. The van der Waals surface area contributed by atoms with Crippen molar-refractivity contribution in [1.82, 2.24) is 0 Å². The SMILES string of the molecule is Cc1ccccc1C(Cl)C(=O)O. The number of aryl methyl sites for hydroxylation is 1. The summed E-state index contributed by atoms with van der Waals surface area (Å²) in [4.78, 5) is 10.5. The minimum atomic E-state index is -1.01. The molecule has 1 unspecified atom stereocenters. The molecule has 1 rings (SSSR count). The number of hydrogen-bond donors (Lipinski definition) is 1. The Kier molecular flexibility index (Phi) is 2.71. The molecule has 2 nitrogen and oxygen atoms in total. The van der Waals surface area contributed by atoms with Crippen LogP contribution in [0.1, 0.15) is 16.5 Å². The average Bonchev–Trinajstić information content (AvgIpc) is 2.04. The number of hydrogen-bond acceptors (Lipinski definition) is 1. The molecule has 0 aliphatic carbocycles. The fourth-order valence-electron chi connectivity index (χ4n) is 1.00. The van der Waals surface area contributed by atoms with Gasteiger partial charge in [-0.05, 0) is 18.1 Å². The van der Waals surface area contributed by atoms with E-state index >= 15 is 0 Å². The summed E-state index contributed by atoms with van der Waals surface area (Å²) in [6, 6.07) is 7.19. The molecule has 1 atom stereocenters. The van der Waals surface area contributed by atoms with Crippen LogP contribution in [0.5, 0.6) is 0 Å². The van der Waals surface area contributed by atoms with Gasteiger partial charge in [0.25, 0.3) is 0 Å². The summed E-state index contributed by atoms with van der Waals surface area (Å²) in [5.41, 5.74) is 1.56. The van der Waals surface area contributed by atoms with Crippen molar-refractivity contribution in [3.05, 3.63) is 35.4 Å². The quantitative estimate of drug-likeness (QED) is 0.717. The zero-order chi connectivity index (χ0) is 9.14. The second-order valence-corrected chi connectivity index (χ2v) is 2.99. The molecule has 0 aliphatic heterocycles. The van der Waals surface area contributed by atoms with E-state index in [-0.39, 0.29) is 0 Å². The van der Waals surface area contributed by atoms with E-state index in [9.17, 15) is 4.79 Å². The molecule has 1 N–H and O–H groups in total. The third kappa shape index (κ3) is 1.77. The Labute approximate surface area is 75.8 Å². The van der Waals surface area contributed by atoms with Gasteiger partial charge >= 0.3 is 5.97 Å². The lowest BCUT2D eigenvalue weighted by Crippen LogP contribution is -2.06. The summed E-state index contributed by atoms with van der Waals surface area (Å²) in [5, 5.41) is 7.69. The Balaban J connectivity index is 3.02. The first-order valence-electron chi connectivity index (χ1n) is 3.55. The first-order chi connectivity index (χ1) is 5.63. The Hall–Kier alpha value is -1.02. The predicted octanol–water partition coefficient (Wildman–Crippen LogP) is 2.36. The number of aliphatic carboxylic acids is 1. The van der Waals surface area contributed by atoms with E-state index in [2.05, 4.69) is 0 Å². The van der Waals surface area contributed by atoms with E-state index in [1.807, 2.05) is 19.1 Å². The molecule has 0 radical (unpaired) electrons. The lowest BCUT2D eigenvalue weighted by Gasteiger charge is -2.06. The van der Waals surface area contributed by atoms with Crippen LogP contribution in [0.2, 0.25) is 0 Å². The number of carbonyl (C=O) groups is 1. The first-order valence-corrected chi connectivity index (χ1v) is 3.99. The summed E-state index contributed by atoms with van der Waals surface area (Å²) < 4.78 is 0. The van der Waals surface area contributed by atoms with Crippen LogP contribution in [0.25, 0.3) is 0 Å². The van der Waals surface area contributed by atoms with Crippen LogP contribution in [0.4, 0.5) is 0 Å². The van der Waals surface area contributed by atoms with Gasteiger partial charge in [0.05, 0.1) is 0 Å². The predicted molar refractivity (Wildman–Crippen MR) is 47.4 cm³/mol. The van der Waals surface area contributed by atoms with E-state index in [0.29, 0.717) is 5.56 Å². The van der Waals surface area contributed by atoms with Crippen molar-refractivity contribution in [3.63, 3.8) is 0 Å². The van der Waals surface area contributed by atoms with Crippen LogP contribution in [0.15, 0.2) is 24.3 Å². The maximum absolute atomic E-state index is 10.5. The zero-order valence-corrected chi connectivity index (χ0v) is 7.38. The maximum Gasteiger partial charge on any atom is 0.326 e. The van der Waals surface area contributed by atoms with Crippen LogP contribution in [-0.2, 0) is 4.79 Å². The third-order valence-corrected chi connectivity index (χ3v) is 2.10. The van der Waals surface area contributed by atoms with Crippen LogP contribution >= 0.6 is 11.6 Å². The highest BCUT2D eigenvalue weighted by Gasteiger charge is 2.17. The molecular weight excluding hydrogens is 176 g/mol. The Bertz CT molecular complexity index is 296. The van der Waals surface area contributed by atoms with E-state index in [4.69, 9.17) is 16.7 Å². The van der Waals surface area contributed by atoms with E-state index in [0.717, 1.165) is 5.56 Å². The van der Waals surface area contributed by atoms with E-state index in [1.54, 1.807) is 12.1 Å². The van der Waals surface area contributed by atoms with Gasteiger partial charge in [-0.25, -0.2) is 0 Å². The van der Waals surface area contributed by atoms with Crippen molar-refractivity contribution in [2.75, 3.05) is 0 Å². The minimum absolute atomic E-state index is 0.659. The molecule has 3 heteroatoms. The monoisotopic (exact) mass is 184 g/mol. The third-order valence-electron chi connectivity index (χ3n) is 1.68. The number of alkyl halides is 1. The van der Waals surface area contributed by atoms with Crippen LogP contribution in [-0.4, -0.2) is 11.1 Å². The summed E-state index contributed by atoms with van der Waals surface area (Å²) in [6.07, 6.45) is 0. The second-order valence-electron chi connectivity index (χ2n) is 2.56. The highest BCUT2D eigenvalue weighted by atomic mass is 35.5. The molecule has 0 fully saturated rings. The molecule has 64 valence electrons. The van der Waals surface area contributed by atoms with Crippen molar-refractivity contribution < 1.29 is 9.90 Å². The van der Waals surface area contributed by atoms with Crippen LogP contribution in [0, 0.1) is 6.92 Å². The fourth-order valence-corrected chi connectivity index (χ4v) is 1.25. The van der Waals surface area contributed by atoms with Gasteiger partial charge in [-0.3, -0.25) is 4.79 Å². The number of carboxylic acids is 1. The highest BCUT2D eigenvalue weighted by molar-refractivity contribution is 6.29. The Morgan fingerprint density at radius 1 is 1.50 bits per heavy atom. The molecule has 0 spiro atoms. The maximum atomic E-state index is 10.5. The van der Waals surface area contributed by atoms with Crippen LogP contribution in [0.3, 0.4) is 0 Å². The average molecular weight is 185 g/mol. The topological polar surface area (TPSA) is 37.3 Å². The van der Waals surface area contributed by atoms with Crippen molar-refractivity contribution in [3.8, 4) is 0 Å². The fraction of sp³-hybridized carbons (Fsp3) is 0.222. The van der Waals surface area contributed by atoms with E-state index < -0.39 is 11.3 Å². The first kappa shape index (κ1) is 9.07. The molecule has 1 aromatic carbocycles. The minimum Gasteiger partial charge on any atom is -0.480 e. The highest BCUT2D eigenvalue weighted by Crippen LogP contribution is 2.23. The van der Waals surface area contributed by atoms with Gasteiger partial charge in [0, 0.05) is 0 Å². The normalized spacial score (nSPS) is 12.5. The molecule has 0 heterocycles. The molecule has 0 saturated heterocycles. The van der Waals surface area contributed by atoms with Gasteiger partial charge in [-0.1, -0.05) is 24.3 Å².